The van der Waals surface area contributed by atoms with Crippen molar-refractivity contribution in [2.75, 3.05) is 0 Å². The molecule has 42 valence electrons. The standard InChI is InChI=1S/C4H5Br2Cl/c5-3-1-2-4(3,6)7/h3H,1-2H2. The Labute approximate surface area is 64.9 Å². The van der Waals surface area contributed by atoms with Crippen LogP contribution in [-0.4, -0.2) is 8.61 Å². The van der Waals surface area contributed by atoms with Gasteiger partial charge in [-0.15, -0.1) is 11.6 Å². The van der Waals surface area contributed by atoms with Gasteiger partial charge in [-0.05, 0) is 12.8 Å². The van der Waals surface area contributed by atoms with Crippen molar-refractivity contribution in [3.05, 3.63) is 0 Å². The first-order chi connectivity index (χ1) is 3.13. The fourth-order valence-electron chi connectivity index (χ4n) is 0.472. The Morgan fingerprint density at radius 1 is 1.71 bits per heavy atom. The Morgan fingerprint density at radius 2 is 2.14 bits per heavy atom. The van der Waals surface area contributed by atoms with Gasteiger partial charge in [-0.2, -0.15) is 0 Å². The summed E-state index contributed by atoms with van der Waals surface area (Å²) < 4.78 is -0.118. The summed E-state index contributed by atoms with van der Waals surface area (Å²) in [6, 6.07) is 0. The number of alkyl halides is 3. The number of hydrogen-bond acceptors (Lipinski definition) is 0. The predicted octanol–water partition coefficient (Wildman–Crippen LogP) is 2.87. The van der Waals surface area contributed by atoms with Crippen molar-refractivity contribution in [3.8, 4) is 0 Å². The van der Waals surface area contributed by atoms with Gasteiger partial charge in [0.25, 0.3) is 0 Å². The van der Waals surface area contributed by atoms with Gasteiger partial charge in [0.2, 0.25) is 0 Å². The highest BCUT2D eigenvalue weighted by atomic mass is 79.9. The molecule has 0 spiro atoms. The van der Waals surface area contributed by atoms with E-state index >= 15 is 0 Å². The largest absolute Gasteiger partial charge is 0.112 e. The number of hydrogen-bond donors (Lipinski definition) is 0. The van der Waals surface area contributed by atoms with E-state index in [9.17, 15) is 0 Å². The highest BCUT2D eigenvalue weighted by Crippen LogP contribution is 2.48. The molecule has 2 unspecified atom stereocenters. The van der Waals surface area contributed by atoms with E-state index in [4.69, 9.17) is 11.6 Å². The summed E-state index contributed by atoms with van der Waals surface area (Å²) in [5.41, 5.74) is 0. The first-order valence-corrected chi connectivity index (χ1v) is 4.23. The molecule has 1 rings (SSSR count). The molecule has 7 heavy (non-hydrogen) atoms. The molecular formula is C4H5Br2Cl. The molecule has 3 heteroatoms. The Balaban J connectivity index is 2.43. The Hall–Kier alpha value is 1.25. The average Bonchev–Trinajstić information content (AvgIpc) is 1.63. The van der Waals surface area contributed by atoms with E-state index in [-0.39, 0.29) is 3.78 Å². The molecule has 1 aliphatic carbocycles. The van der Waals surface area contributed by atoms with E-state index < -0.39 is 0 Å². The second-order valence-electron chi connectivity index (χ2n) is 1.77. The van der Waals surface area contributed by atoms with E-state index in [2.05, 4.69) is 31.9 Å². The highest BCUT2D eigenvalue weighted by molar-refractivity contribution is 9.13. The number of halogens is 3. The summed E-state index contributed by atoms with van der Waals surface area (Å²) in [5, 5.41) is 0. The van der Waals surface area contributed by atoms with Crippen LogP contribution in [0.2, 0.25) is 0 Å². The first kappa shape index (κ1) is 6.37. The molecule has 0 aromatic heterocycles. The van der Waals surface area contributed by atoms with E-state index in [0.29, 0.717) is 4.83 Å². The zero-order chi connectivity index (χ0) is 5.49. The van der Waals surface area contributed by atoms with Crippen molar-refractivity contribution in [3.63, 3.8) is 0 Å². The fourth-order valence-corrected chi connectivity index (χ4v) is 1.61. The maximum Gasteiger partial charge on any atom is 0.112 e. The molecule has 0 N–H and O–H groups in total. The molecule has 0 heterocycles. The Morgan fingerprint density at radius 3 is 2.14 bits per heavy atom. The molecule has 1 aliphatic rings. The molecule has 0 radical (unpaired) electrons. The van der Waals surface area contributed by atoms with Crippen LogP contribution in [0.4, 0.5) is 0 Å². The van der Waals surface area contributed by atoms with Crippen molar-refractivity contribution in [1.82, 2.24) is 0 Å². The molecule has 0 nitrogen and oxygen atoms in total. The third-order valence-electron chi connectivity index (χ3n) is 1.19. The summed E-state index contributed by atoms with van der Waals surface area (Å²) in [4.78, 5) is 0.474. The third kappa shape index (κ3) is 1.14. The molecular weight excluding hydrogens is 243 g/mol. The van der Waals surface area contributed by atoms with Gasteiger partial charge < -0.3 is 0 Å². The second kappa shape index (κ2) is 1.89. The molecule has 0 amide bonds. The summed E-state index contributed by atoms with van der Waals surface area (Å²) in [5.74, 6) is 0. The van der Waals surface area contributed by atoms with E-state index in [0.717, 1.165) is 6.42 Å². The van der Waals surface area contributed by atoms with Crippen LogP contribution in [0.25, 0.3) is 0 Å². The van der Waals surface area contributed by atoms with Gasteiger partial charge in [0, 0.05) is 4.83 Å². The van der Waals surface area contributed by atoms with Gasteiger partial charge >= 0.3 is 0 Å². The van der Waals surface area contributed by atoms with Crippen molar-refractivity contribution in [2.24, 2.45) is 0 Å². The minimum Gasteiger partial charge on any atom is -0.106 e. The summed E-state index contributed by atoms with van der Waals surface area (Å²) in [6.45, 7) is 0. The van der Waals surface area contributed by atoms with Crippen LogP contribution in [0, 0.1) is 0 Å². The molecule has 0 saturated heterocycles. The van der Waals surface area contributed by atoms with E-state index in [1.54, 1.807) is 0 Å². The van der Waals surface area contributed by atoms with Crippen LogP contribution in [0.5, 0.6) is 0 Å². The lowest BCUT2D eigenvalue weighted by Crippen LogP contribution is -2.36. The van der Waals surface area contributed by atoms with Crippen LogP contribution in [0.3, 0.4) is 0 Å². The fraction of sp³-hybridized carbons (Fsp3) is 1.00. The zero-order valence-corrected chi connectivity index (χ0v) is 7.55. The monoisotopic (exact) mass is 246 g/mol. The van der Waals surface area contributed by atoms with Crippen LogP contribution < -0.4 is 0 Å². The second-order valence-corrected chi connectivity index (χ2v) is 5.42. The highest BCUT2D eigenvalue weighted by Gasteiger charge is 2.41. The van der Waals surface area contributed by atoms with Crippen molar-refractivity contribution < 1.29 is 0 Å². The van der Waals surface area contributed by atoms with Gasteiger partial charge in [0.1, 0.15) is 3.78 Å². The minimum absolute atomic E-state index is 0.118. The lowest BCUT2D eigenvalue weighted by molar-refractivity contribution is 0.510. The van der Waals surface area contributed by atoms with Crippen molar-refractivity contribution in [1.29, 1.82) is 0 Å². The van der Waals surface area contributed by atoms with Crippen molar-refractivity contribution >= 4 is 43.5 Å². The molecule has 0 bridgehead atoms. The molecule has 1 saturated carbocycles. The summed E-state index contributed by atoms with van der Waals surface area (Å²) >= 11 is 12.6. The predicted molar refractivity (Wildman–Crippen MR) is 39.5 cm³/mol. The normalized spacial score (nSPS) is 51.0. The quantitative estimate of drug-likeness (QED) is 0.578. The lowest BCUT2D eigenvalue weighted by atomic mass is 9.99. The maximum atomic E-state index is 5.82. The van der Waals surface area contributed by atoms with Crippen LogP contribution >= 0.6 is 43.5 Å². The molecule has 1 fully saturated rings. The number of rotatable bonds is 0. The molecule has 0 aromatic carbocycles. The van der Waals surface area contributed by atoms with Crippen LogP contribution in [0.1, 0.15) is 12.8 Å². The van der Waals surface area contributed by atoms with Gasteiger partial charge in [-0.1, -0.05) is 31.9 Å². The first-order valence-electron chi connectivity index (χ1n) is 2.15. The van der Waals surface area contributed by atoms with Gasteiger partial charge in [-0.3, -0.25) is 0 Å². The van der Waals surface area contributed by atoms with E-state index in [1.807, 2.05) is 0 Å². The van der Waals surface area contributed by atoms with Gasteiger partial charge in [0.05, 0.1) is 0 Å². The molecule has 0 aliphatic heterocycles. The Bertz CT molecular complexity index is 81.8. The van der Waals surface area contributed by atoms with Crippen molar-refractivity contribution in [2.45, 2.75) is 21.5 Å². The Kier molecular flexibility index (Phi) is 1.72. The zero-order valence-electron chi connectivity index (χ0n) is 3.63. The lowest BCUT2D eigenvalue weighted by Gasteiger charge is -2.35. The average molecular weight is 248 g/mol. The summed E-state index contributed by atoms with van der Waals surface area (Å²) in [7, 11) is 0. The SMILES string of the molecule is ClC1(Br)CCC1Br. The topological polar surface area (TPSA) is 0 Å². The molecule has 2 atom stereocenters. The summed E-state index contributed by atoms with van der Waals surface area (Å²) in [6.07, 6.45) is 2.26. The van der Waals surface area contributed by atoms with Crippen LogP contribution in [-0.2, 0) is 0 Å². The molecule has 0 aromatic rings. The minimum atomic E-state index is -0.118. The van der Waals surface area contributed by atoms with Gasteiger partial charge in [-0.25, -0.2) is 0 Å². The smallest absolute Gasteiger partial charge is 0.106 e. The maximum absolute atomic E-state index is 5.82. The van der Waals surface area contributed by atoms with E-state index in [1.165, 1.54) is 6.42 Å². The van der Waals surface area contributed by atoms with Gasteiger partial charge in [0.15, 0.2) is 0 Å². The third-order valence-corrected chi connectivity index (χ3v) is 4.71. The van der Waals surface area contributed by atoms with Crippen LogP contribution in [0.15, 0.2) is 0 Å².